The zero-order valence-corrected chi connectivity index (χ0v) is 36.4. The summed E-state index contributed by atoms with van der Waals surface area (Å²) in [5, 5.41) is 109. The quantitative estimate of drug-likeness (QED) is 0.0319. The second kappa shape index (κ2) is 26.8. The molecule has 1 radical (unpaired) electrons. The molecule has 3 rings (SSSR count). The minimum absolute atomic E-state index is 0. The second-order valence-corrected chi connectivity index (χ2v) is 16.3. The van der Waals surface area contributed by atoms with Gasteiger partial charge in [-0.25, -0.2) is 0 Å². The van der Waals surface area contributed by atoms with Gasteiger partial charge in [0.15, 0.2) is 12.6 Å². The van der Waals surface area contributed by atoms with Gasteiger partial charge in [0.2, 0.25) is 11.7 Å². The molecule has 0 spiro atoms. The van der Waals surface area contributed by atoms with E-state index in [1.54, 1.807) is 6.92 Å². The molecule has 0 aromatic carbocycles. The van der Waals surface area contributed by atoms with Crippen molar-refractivity contribution >= 4 is 23.6 Å². The summed E-state index contributed by atoms with van der Waals surface area (Å²) in [5.74, 6) is -5.37. The summed E-state index contributed by atoms with van der Waals surface area (Å²) < 4.78 is 34.1. The summed E-state index contributed by atoms with van der Waals surface area (Å²) in [6.07, 6.45) is -10.1. The van der Waals surface area contributed by atoms with E-state index >= 15 is 0 Å². The zero-order chi connectivity index (χ0) is 42.3. The van der Waals surface area contributed by atoms with E-state index in [1.165, 1.54) is 44.8 Å². The Morgan fingerprint density at radius 1 is 0.862 bits per heavy atom. The number of carbonyl (C=O) groups excluding carboxylic acids is 2. The van der Waals surface area contributed by atoms with Gasteiger partial charge in [-0.1, -0.05) is 52.4 Å². The summed E-state index contributed by atoms with van der Waals surface area (Å²) in [6, 6.07) is 0. The molecule has 3 saturated heterocycles. The number of ether oxygens (including phenoxy) is 6. The van der Waals surface area contributed by atoms with Crippen LogP contribution in [0.15, 0.2) is 0 Å². The van der Waals surface area contributed by atoms with E-state index in [2.05, 4.69) is 11.6 Å². The maximum atomic E-state index is 12.3. The fourth-order valence-corrected chi connectivity index (χ4v) is 7.68. The number of aliphatic hydroxyl groups is 9. The Kier molecular flexibility index (Phi) is 24.8. The fourth-order valence-electron chi connectivity index (χ4n) is 7.19. The number of carboxylic acid groups (broad SMARTS) is 1. The number of thioether (sulfide) groups is 1. The van der Waals surface area contributed by atoms with E-state index < -0.39 is 130 Å². The van der Waals surface area contributed by atoms with E-state index in [0.29, 0.717) is 6.42 Å². The molecule has 10 N–H and O–H groups in total. The van der Waals surface area contributed by atoms with Crippen molar-refractivity contribution in [2.24, 2.45) is 11.8 Å². The number of carbonyl (C=O) groups is 2. The van der Waals surface area contributed by atoms with Crippen molar-refractivity contribution in [2.45, 2.75) is 164 Å². The van der Waals surface area contributed by atoms with E-state index in [1.807, 2.05) is 11.8 Å². The molecule has 0 aromatic rings. The average molecular weight is 1040 g/mol. The normalized spacial score (nSPS) is 36.4. The molecule has 5 unspecified atom stereocenters. The first-order valence-corrected chi connectivity index (χ1v) is 21.4. The topological polar surface area (TPSA) is 307 Å². The van der Waals surface area contributed by atoms with Crippen LogP contribution in [0.2, 0.25) is 0 Å². The summed E-state index contributed by atoms with van der Waals surface area (Å²) in [6.45, 7) is 0.745. The van der Waals surface area contributed by atoms with Crippen molar-refractivity contribution in [2.75, 3.05) is 45.0 Å². The number of aliphatic carboxylic acids is 1. The first-order chi connectivity index (χ1) is 27.1. The Hall–Kier alpha value is -0.570. The Balaban J connectivity index is 0.0000116. The van der Waals surface area contributed by atoms with Crippen molar-refractivity contribution in [3.05, 3.63) is 0 Å². The van der Waals surface area contributed by atoms with Crippen LogP contribution in [0.5, 0.6) is 0 Å². The molecule has 0 saturated carbocycles. The van der Waals surface area contributed by atoms with Crippen LogP contribution in [0, 0.1) is 11.8 Å². The molecule has 345 valence electrons. The molecule has 3 fully saturated rings. The number of aliphatic hydroxyl groups excluding tert-OH is 9. The third kappa shape index (κ3) is 15.1. The van der Waals surface area contributed by atoms with E-state index in [9.17, 15) is 60.7 Å². The third-order valence-electron chi connectivity index (χ3n) is 11.0. The van der Waals surface area contributed by atoms with Crippen molar-refractivity contribution in [1.29, 1.82) is 0 Å². The van der Waals surface area contributed by atoms with Crippen molar-refractivity contribution in [1.82, 2.24) is 5.32 Å². The van der Waals surface area contributed by atoms with Crippen LogP contribution in [-0.2, 0) is 60.4 Å². The summed E-state index contributed by atoms with van der Waals surface area (Å²) in [5.41, 5.74) is 0. The van der Waals surface area contributed by atoms with Crippen LogP contribution in [0.3, 0.4) is 0 Å². The van der Waals surface area contributed by atoms with Gasteiger partial charge >= 0.3 is 0 Å². The number of hydrogen-bond acceptors (Lipinski definition) is 19. The predicted molar refractivity (Wildman–Crippen MR) is 199 cm³/mol. The Morgan fingerprint density at radius 2 is 1.48 bits per heavy atom. The molecule has 21 heteroatoms. The largest absolute Gasteiger partial charge is 0.544 e. The van der Waals surface area contributed by atoms with E-state index in [0.717, 1.165) is 19.3 Å². The van der Waals surface area contributed by atoms with Crippen LogP contribution in [0.25, 0.3) is 0 Å². The van der Waals surface area contributed by atoms with E-state index in [-0.39, 0.29) is 41.4 Å². The van der Waals surface area contributed by atoms with Crippen LogP contribution >= 0.6 is 11.8 Å². The smallest absolute Gasteiger partial charge is 0.220 e. The standard InChI is InChI=1S/C37H67NO18S.Au/c1-20-22(41)16-37(36(49)50,56-32(20)28(45)23(42)17-39)52-19-25-29(46)30(47)31(48)35(54-25)55-33-24(18-40)53-34(21(2)27(33)44)51-14-13-38-26(43)12-10-8-6-4-5-7-9-11-15-57-3;/h20-25,27-35,39-42,44-48H,4-19H2,1-3H3,(H,38,43)(H,49,50);/p-1/t20-,21?,22-,23-,24?,25?,27-,28-,29+,30+,31?,32?,33-,34-,35+,37-;/m1./s1. The zero-order valence-electron chi connectivity index (χ0n) is 33.4. The van der Waals surface area contributed by atoms with Gasteiger partial charge in [0.1, 0.15) is 54.8 Å². The number of amides is 1. The fraction of sp³-hybridized carbons (Fsp3) is 0.946. The SMILES string of the molecule is CSCCCCCCCCCCC(=O)NCCO[C@@H]1OC(CO)[C@@H](O[C@@H]2OC(CO[C@]3(C(=O)[O-])C[C@@H](O)[C@@H](C)C([C@H](O)[C@H](O)CO)O3)[C@H](O)[C@H](O)C2O)[C@H](O)C1C.[Au]. The first kappa shape index (κ1) is 53.6. The minimum Gasteiger partial charge on any atom is -0.544 e. The van der Waals surface area contributed by atoms with Gasteiger partial charge in [-0.05, 0) is 24.9 Å². The molecule has 3 heterocycles. The molecule has 19 nitrogen and oxygen atoms in total. The Morgan fingerprint density at radius 3 is 2.09 bits per heavy atom. The minimum atomic E-state index is -2.76. The second-order valence-electron chi connectivity index (χ2n) is 15.3. The molecule has 0 aliphatic carbocycles. The summed E-state index contributed by atoms with van der Waals surface area (Å²) in [4.78, 5) is 24.6. The van der Waals surface area contributed by atoms with Gasteiger partial charge in [0.05, 0.1) is 44.7 Å². The molecule has 1 amide bonds. The molecule has 3 aliphatic heterocycles. The maximum absolute atomic E-state index is 12.3. The molecular formula is C37H66AuNO18S-. The Bertz CT molecular complexity index is 1180. The van der Waals surface area contributed by atoms with Crippen molar-refractivity contribution < 1.29 is 111 Å². The van der Waals surface area contributed by atoms with Gasteiger partial charge in [0, 0.05) is 53.6 Å². The molecule has 58 heavy (non-hydrogen) atoms. The molecule has 3 aliphatic rings. The predicted octanol–water partition coefficient (Wildman–Crippen LogP) is -3.14. The van der Waals surface area contributed by atoms with Crippen molar-refractivity contribution in [3.8, 4) is 0 Å². The van der Waals surface area contributed by atoms with Gasteiger partial charge in [0.25, 0.3) is 0 Å². The first-order valence-electron chi connectivity index (χ1n) is 20.0. The Labute approximate surface area is 359 Å². The molecule has 0 aromatic heterocycles. The van der Waals surface area contributed by atoms with Gasteiger partial charge in [-0.3, -0.25) is 4.79 Å². The maximum Gasteiger partial charge on any atom is 0.220 e. The summed E-state index contributed by atoms with van der Waals surface area (Å²) >= 11 is 1.87. The summed E-state index contributed by atoms with van der Waals surface area (Å²) in [7, 11) is 0. The van der Waals surface area contributed by atoms with Crippen molar-refractivity contribution in [3.63, 3.8) is 0 Å². The molecule has 16 atom stereocenters. The number of hydrogen-bond donors (Lipinski definition) is 10. The van der Waals surface area contributed by atoms with Crippen LogP contribution in [0.4, 0.5) is 0 Å². The van der Waals surface area contributed by atoms with Crippen LogP contribution < -0.4 is 10.4 Å². The van der Waals surface area contributed by atoms with Gasteiger partial charge in [-0.2, -0.15) is 11.8 Å². The van der Waals surface area contributed by atoms with Crippen LogP contribution in [0.1, 0.15) is 78.1 Å². The third-order valence-corrected chi connectivity index (χ3v) is 11.7. The average Bonchev–Trinajstić information content (AvgIpc) is 3.19. The molecular weight excluding hydrogens is 975 g/mol. The number of rotatable bonds is 25. The van der Waals surface area contributed by atoms with Gasteiger partial charge in [-0.15, -0.1) is 0 Å². The van der Waals surface area contributed by atoms with E-state index in [4.69, 9.17) is 28.4 Å². The monoisotopic (exact) mass is 1040 g/mol. The van der Waals surface area contributed by atoms with Gasteiger partial charge < -0.3 is 89.6 Å². The number of nitrogens with one attached hydrogen (secondary N) is 1. The number of carboxylic acids is 1. The van der Waals surface area contributed by atoms with Crippen LogP contribution in [-0.4, -0.2) is 188 Å². The molecule has 0 bridgehead atoms. The number of unbranched alkanes of at least 4 members (excludes halogenated alkanes) is 7.